The van der Waals surface area contributed by atoms with Gasteiger partial charge in [0.25, 0.3) is 5.91 Å². The fraction of sp³-hybridized carbons (Fsp3) is 0.333. The van der Waals surface area contributed by atoms with Crippen LogP contribution in [0.2, 0.25) is 0 Å². The van der Waals surface area contributed by atoms with Crippen molar-refractivity contribution < 1.29 is 14.3 Å². The van der Waals surface area contributed by atoms with Gasteiger partial charge in [-0.1, -0.05) is 24.3 Å². The van der Waals surface area contributed by atoms with Crippen molar-refractivity contribution in [2.45, 2.75) is 39.2 Å². The minimum absolute atomic E-state index is 0.309. The average Bonchev–Trinajstić information content (AvgIpc) is 3.13. The van der Waals surface area contributed by atoms with Gasteiger partial charge in [-0.3, -0.25) is 4.79 Å². The van der Waals surface area contributed by atoms with Crippen molar-refractivity contribution in [2.24, 2.45) is 5.10 Å². The second-order valence-electron chi connectivity index (χ2n) is 6.42. The van der Waals surface area contributed by atoms with Crippen molar-refractivity contribution in [3.63, 3.8) is 0 Å². The molecule has 1 aliphatic rings. The average molecular weight is 352 g/mol. The Labute approximate surface area is 154 Å². The lowest BCUT2D eigenvalue weighted by Crippen LogP contribution is -2.34. The van der Waals surface area contributed by atoms with Crippen LogP contribution in [0.1, 0.15) is 37.0 Å². The first-order valence-electron chi connectivity index (χ1n) is 8.84. The molecular formula is C21H24N2O3. The van der Waals surface area contributed by atoms with Crippen molar-refractivity contribution in [3.05, 3.63) is 59.2 Å². The molecule has 1 aliphatic carbocycles. The van der Waals surface area contributed by atoms with E-state index in [2.05, 4.69) is 28.7 Å². The molecule has 2 aromatic carbocycles. The van der Waals surface area contributed by atoms with Gasteiger partial charge in [0.05, 0.1) is 12.8 Å². The van der Waals surface area contributed by atoms with Gasteiger partial charge in [0.1, 0.15) is 0 Å². The first-order chi connectivity index (χ1) is 12.6. The third-order valence-electron chi connectivity index (χ3n) is 4.59. The summed E-state index contributed by atoms with van der Waals surface area (Å²) in [6.07, 6.45) is 2.79. The molecular weight excluding hydrogens is 328 g/mol. The third-order valence-corrected chi connectivity index (χ3v) is 4.59. The molecule has 0 saturated carbocycles. The summed E-state index contributed by atoms with van der Waals surface area (Å²) in [6.45, 7) is 3.57. The van der Waals surface area contributed by atoms with Gasteiger partial charge in [0.2, 0.25) is 0 Å². The highest BCUT2D eigenvalue weighted by Gasteiger charge is 2.17. The maximum Gasteiger partial charge on any atom is 0.280 e. The van der Waals surface area contributed by atoms with Crippen LogP contribution in [0.4, 0.5) is 0 Å². The Morgan fingerprint density at radius 1 is 1.12 bits per heavy atom. The number of carbonyl (C=O) groups is 1. The number of para-hydroxylation sites is 2. The van der Waals surface area contributed by atoms with E-state index >= 15 is 0 Å². The summed E-state index contributed by atoms with van der Waals surface area (Å²) in [5, 5.41) is 4.23. The predicted octanol–water partition coefficient (Wildman–Crippen LogP) is 3.49. The van der Waals surface area contributed by atoms with Gasteiger partial charge in [-0.05, 0) is 68.0 Å². The van der Waals surface area contributed by atoms with Crippen molar-refractivity contribution in [1.82, 2.24) is 5.43 Å². The van der Waals surface area contributed by atoms with Crippen molar-refractivity contribution >= 4 is 11.6 Å². The maximum absolute atomic E-state index is 12.3. The number of hydrogen-bond acceptors (Lipinski definition) is 4. The summed E-state index contributed by atoms with van der Waals surface area (Å²) in [5.74, 6) is 0.804. The summed E-state index contributed by atoms with van der Waals surface area (Å²) >= 11 is 0. The smallest absolute Gasteiger partial charge is 0.280 e. The van der Waals surface area contributed by atoms with Crippen LogP contribution in [-0.4, -0.2) is 24.8 Å². The van der Waals surface area contributed by atoms with E-state index in [-0.39, 0.29) is 5.91 Å². The van der Waals surface area contributed by atoms with Crippen LogP contribution in [0.5, 0.6) is 11.5 Å². The minimum atomic E-state index is -0.692. The van der Waals surface area contributed by atoms with E-state index in [1.807, 2.05) is 19.1 Å². The van der Waals surface area contributed by atoms with Crippen molar-refractivity contribution in [2.75, 3.05) is 7.11 Å². The maximum atomic E-state index is 12.3. The Kier molecular flexibility index (Phi) is 5.56. The molecule has 0 radical (unpaired) electrons. The molecule has 5 heteroatoms. The molecule has 0 fully saturated rings. The van der Waals surface area contributed by atoms with E-state index in [1.54, 1.807) is 26.2 Å². The molecule has 0 saturated heterocycles. The van der Waals surface area contributed by atoms with Gasteiger partial charge in [-0.15, -0.1) is 0 Å². The Morgan fingerprint density at radius 3 is 2.62 bits per heavy atom. The SMILES string of the molecule is COc1ccccc1OC(C)C(=O)N/N=C(\C)c1ccc2c(c1)CCC2. The van der Waals surface area contributed by atoms with Crippen LogP contribution in [0.25, 0.3) is 0 Å². The fourth-order valence-electron chi connectivity index (χ4n) is 3.05. The molecule has 2 aromatic rings. The van der Waals surface area contributed by atoms with Crippen LogP contribution in [0.15, 0.2) is 47.6 Å². The second kappa shape index (κ2) is 8.04. The first kappa shape index (κ1) is 18.0. The Hall–Kier alpha value is -2.82. The summed E-state index contributed by atoms with van der Waals surface area (Å²) < 4.78 is 10.9. The highest BCUT2D eigenvalue weighted by molar-refractivity contribution is 5.99. The summed E-state index contributed by atoms with van der Waals surface area (Å²) in [4.78, 5) is 12.3. The summed E-state index contributed by atoms with van der Waals surface area (Å²) in [5.41, 5.74) is 7.20. The number of carbonyl (C=O) groups excluding carboxylic acids is 1. The topological polar surface area (TPSA) is 59.9 Å². The van der Waals surface area contributed by atoms with E-state index in [1.165, 1.54) is 17.5 Å². The van der Waals surface area contributed by atoms with Gasteiger partial charge in [0.15, 0.2) is 17.6 Å². The zero-order valence-corrected chi connectivity index (χ0v) is 15.4. The van der Waals surface area contributed by atoms with Crippen LogP contribution >= 0.6 is 0 Å². The number of methoxy groups -OCH3 is 1. The first-order valence-corrected chi connectivity index (χ1v) is 8.84. The van der Waals surface area contributed by atoms with Crippen LogP contribution in [0, 0.1) is 0 Å². The molecule has 0 aromatic heterocycles. The number of aryl methyl sites for hydroxylation is 2. The fourth-order valence-corrected chi connectivity index (χ4v) is 3.05. The highest BCUT2D eigenvalue weighted by Crippen LogP contribution is 2.27. The number of benzene rings is 2. The largest absolute Gasteiger partial charge is 0.493 e. The van der Waals surface area contributed by atoms with E-state index in [0.29, 0.717) is 11.5 Å². The standard InChI is InChI=1S/C21H24N2O3/c1-14(17-12-11-16-7-6-8-18(16)13-17)22-23-21(24)15(2)26-20-10-5-4-9-19(20)25-3/h4-5,9-13,15H,6-8H2,1-3H3,(H,23,24)/b22-14+. The lowest BCUT2D eigenvalue weighted by atomic mass is 10.0. The number of amides is 1. The Balaban J connectivity index is 1.62. The number of nitrogens with one attached hydrogen (secondary N) is 1. The summed E-state index contributed by atoms with van der Waals surface area (Å²) in [7, 11) is 1.57. The Morgan fingerprint density at radius 2 is 1.85 bits per heavy atom. The molecule has 0 heterocycles. The van der Waals surface area contributed by atoms with Crippen LogP contribution < -0.4 is 14.9 Å². The van der Waals surface area contributed by atoms with Gasteiger partial charge in [0, 0.05) is 0 Å². The molecule has 3 rings (SSSR count). The molecule has 1 unspecified atom stereocenters. The second-order valence-corrected chi connectivity index (χ2v) is 6.42. The molecule has 5 nitrogen and oxygen atoms in total. The van der Waals surface area contributed by atoms with Gasteiger partial charge < -0.3 is 9.47 Å². The normalized spacial score (nSPS) is 14.5. The molecule has 0 bridgehead atoms. The van der Waals surface area contributed by atoms with E-state index in [9.17, 15) is 4.79 Å². The molecule has 136 valence electrons. The zero-order valence-electron chi connectivity index (χ0n) is 15.4. The Bertz CT molecular complexity index is 830. The monoisotopic (exact) mass is 352 g/mol. The molecule has 26 heavy (non-hydrogen) atoms. The molecule has 1 amide bonds. The van der Waals surface area contributed by atoms with Crippen molar-refractivity contribution in [3.8, 4) is 11.5 Å². The van der Waals surface area contributed by atoms with E-state index < -0.39 is 6.10 Å². The number of hydrogen-bond donors (Lipinski definition) is 1. The molecule has 0 spiro atoms. The van der Waals surface area contributed by atoms with Crippen LogP contribution in [0.3, 0.4) is 0 Å². The van der Waals surface area contributed by atoms with Crippen LogP contribution in [-0.2, 0) is 17.6 Å². The zero-order chi connectivity index (χ0) is 18.5. The number of ether oxygens (including phenoxy) is 2. The van der Waals surface area contributed by atoms with E-state index in [0.717, 1.165) is 24.1 Å². The number of fused-ring (bicyclic) bond motifs is 1. The third kappa shape index (κ3) is 4.04. The number of nitrogens with zero attached hydrogens (tertiary/aromatic N) is 1. The van der Waals surface area contributed by atoms with Crippen molar-refractivity contribution in [1.29, 1.82) is 0 Å². The molecule has 1 atom stereocenters. The van der Waals surface area contributed by atoms with Gasteiger partial charge in [-0.2, -0.15) is 5.10 Å². The lowest BCUT2D eigenvalue weighted by Gasteiger charge is -2.15. The molecule has 1 N–H and O–H groups in total. The number of rotatable bonds is 6. The summed E-state index contributed by atoms with van der Waals surface area (Å²) in [6, 6.07) is 13.6. The highest BCUT2D eigenvalue weighted by atomic mass is 16.5. The van der Waals surface area contributed by atoms with Gasteiger partial charge >= 0.3 is 0 Å². The van der Waals surface area contributed by atoms with Gasteiger partial charge in [-0.25, -0.2) is 5.43 Å². The molecule has 0 aliphatic heterocycles. The number of hydrazone groups is 1. The predicted molar refractivity (Wildman–Crippen MR) is 102 cm³/mol. The lowest BCUT2D eigenvalue weighted by molar-refractivity contribution is -0.127. The quantitative estimate of drug-likeness (QED) is 0.639. The van der Waals surface area contributed by atoms with E-state index in [4.69, 9.17) is 9.47 Å². The minimum Gasteiger partial charge on any atom is -0.493 e.